The fraction of sp³-hybridized carbons (Fsp3) is 0.550. The van der Waals surface area contributed by atoms with Gasteiger partial charge in [0.1, 0.15) is 5.78 Å². The Morgan fingerprint density at radius 3 is 2.61 bits per heavy atom. The third-order valence-electron chi connectivity index (χ3n) is 5.08. The van der Waals surface area contributed by atoms with Crippen molar-refractivity contribution in [3.05, 3.63) is 23.8 Å². The van der Waals surface area contributed by atoms with E-state index in [-0.39, 0.29) is 23.7 Å². The molecule has 0 amide bonds. The maximum atomic E-state index is 12.1. The van der Waals surface area contributed by atoms with Gasteiger partial charge in [0.15, 0.2) is 11.5 Å². The second-order valence-corrected chi connectivity index (χ2v) is 6.54. The van der Waals surface area contributed by atoms with Crippen LogP contribution in [-0.4, -0.2) is 19.0 Å². The van der Waals surface area contributed by atoms with Gasteiger partial charge >= 0.3 is 0 Å². The number of hydrogen-bond donors (Lipinski definition) is 0. The van der Waals surface area contributed by atoms with Crippen LogP contribution in [0.25, 0.3) is 0 Å². The molecule has 122 valence electrons. The van der Waals surface area contributed by atoms with E-state index in [2.05, 4.69) is 5.92 Å². The fourth-order valence-electron chi connectivity index (χ4n) is 3.81. The maximum Gasteiger partial charge on any atom is 0.161 e. The van der Waals surface area contributed by atoms with Crippen molar-refractivity contribution in [2.45, 2.75) is 57.0 Å². The Labute approximate surface area is 138 Å². The summed E-state index contributed by atoms with van der Waals surface area (Å²) in [6.07, 6.45) is 13.0. The number of ether oxygens (including phenoxy) is 2. The molecule has 3 heteroatoms. The average molecular weight is 312 g/mol. The summed E-state index contributed by atoms with van der Waals surface area (Å²) in [6.45, 7) is 0. The second kappa shape index (κ2) is 7.08. The van der Waals surface area contributed by atoms with Crippen LogP contribution in [0.15, 0.2) is 18.2 Å². The Morgan fingerprint density at radius 2 is 1.91 bits per heavy atom. The van der Waals surface area contributed by atoms with Crippen LogP contribution in [0.2, 0.25) is 0 Å². The normalized spacial score (nSPS) is 25.1. The molecular weight excluding hydrogens is 288 g/mol. The molecule has 0 spiro atoms. The van der Waals surface area contributed by atoms with Gasteiger partial charge in [-0.1, -0.05) is 12.0 Å². The second-order valence-electron chi connectivity index (χ2n) is 6.54. The van der Waals surface area contributed by atoms with Gasteiger partial charge in [0.05, 0.1) is 19.1 Å². The lowest BCUT2D eigenvalue weighted by Crippen LogP contribution is -2.25. The van der Waals surface area contributed by atoms with Crippen molar-refractivity contribution in [1.82, 2.24) is 0 Å². The summed E-state index contributed by atoms with van der Waals surface area (Å²) in [5.41, 5.74) is 1.09. The summed E-state index contributed by atoms with van der Waals surface area (Å²) < 4.78 is 11.6. The minimum absolute atomic E-state index is 0.0954. The van der Waals surface area contributed by atoms with Crippen molar-refractivity contribution in [3.63, 3.8) is 0 Å². The molecule has 3 rings (SSSR count). The van der Waals surface area contributed by atoms with E-state index in [0.717, 1.165) is 42.7 Å². The molecule has 1 aromatic carbocycles. The highest BCUT2D eigenvalue weighted by Crippen LogP contribution is 2.40. The predicted molar refractivity (Wildman–Crippen MR) is 89.8 cm³/mol. The Hall–Kier alpha value is -1.95. The van der Waals surface area contributed by atoms with E-state index in [1.807, 2.05) is 18.2 Å². The molecular formula is C20H24O3. The number of rotatable bonds is 4. The van der Waals surface area contributed by atoms with Crippen LogP contribution in [0.3, 0.4) is 0 Å². The molecule has 0 bridgehead atoms. The van der Waals surface area contributed by atoms with E-state index in [1.165, 1.54) is 12.8 Å². The molecule has 0 saturated heterocycles. The Morgan fingerprint density at radius 1 is 1.13 bits per heavy atom. The average Bonchev–Trinajstić information content (AvgIpc) is 3.07. The van der Waals surface area contributed by atoms with Crippen LogP contribution < -0.4 is 9.47 Å². The highest BCUT2D eigenvalue weighted by Gasteiger charge is 2.32. The van der Waals surface area contributed by atoms with Crippen LogP contribution in [0.4, 0.5) is 0 Å². The molecule has 2 fully saturated rings. The zero-order valence-electron chi connectivity index (χ0n) is 13.7. The third kappa shape index (κ3) is 3.37. The molecule has 2 aliphatic rings. The number of ketones is 1. The molecule has 0 aliphatic heterocycles. The van der Waals surface area contributed by atoms with Crippen molar-refractivity contribution in [2.75, 3.05) is 7.11 Å². The van der Waals surface area contributed by atoms with Crippen molar-refractivity contribution >= 4 is 5.78 Å². The van der Waals surface area contributed by atoms with Crippen LogP contribution in [0.5, 0.6) is 11.5 Å². The van der Waals surface area contributed by atoms with E-state index < -0.39 is 0 Å². The van der Waals surface area contributed by atoms with Gasteiger partial charge in [0, 0.05) is 12.3 Å². The van der Waals surface area contributed by atoms with E-state index in [0.29, 0.717) is 6.42 Å². The van der Waals surface area contributed by atoms with Gasteiger partial charge in [-0.15, -0.1) is 6.42 Å². The van der Waals surface area contributed by atoms with Crippen LogP contribution in [0, 0.1) is 18.3 Å². The van der Waals surface area contributed by atoms with Crippen LogP contribution >= 0.6 is 0 Å². The monoisotopic (exact) mass is 312 g/mol. The van der Waals surface area contributed by atoms with Crippen molar-refractivity contribution in [3.8, 4) is 23.8 Å². The van der Waals surface area contributed by atoms with E-state index in [4.69, 9.17) is 15.9 Å². The first-order valence-electron chi connectivity index (χ1n) is 8.56. The topological polar surface area (TPSA) is 35.5 Å². The summed E-state index contributed by atoms with van der Waals surface area (Å²) in [5, 5.41) is 0. The number of terminal acetylenes is 1. The number of methoxy groups -OCH3 is 1. The van der Waals surface area contributed by atoms with Gasteiger partial charge in [-0.3, -0.25) is 4.79 Å². The molecule has 2 unspecified atom stereocenters. The fourth-order valence-corrected chi connectivity index (χ4v) is 3.81. The standard InChI is InChI=1S/C20H24O3/c1-3-16-17(9-6-10-18(16)21)14-11-12-19(22-2)20(13-14)23-15-7-4-5-8-15/h1,11-13,15-17H,4-10H2,2H3. The zero-order valence-corrected chi connectivity index (χ0v) is 13.7. The minimum atomic E-state index is -0.309. The molecule has 3 nitrogen and oxygen atoms in total. The van der Waals surface area contributed by atoms with Gasteiger partial charge in [-0.25, -0.2) is 0 Å². The smallest absolute Gasteiger partial charge is 0.161 e. The molecule has 2 saturated carbocycles. The quantitative estimate of drug-likeness (QED) is 0.785. The van der Waals surface area contributed by atoms with Crippen molar-refractivity contribution < 1.29 is 14.3 Å². The first-order valence-corrected chi connectivity index (χ1v) is 8.56. The molecule has 23 heavy (non-hydrogen) atoms. The highest BCUT2D eigenvalue weighted by molar-refractivity contribution is 5.85. The zero-order chi connectivity index (χ0) is 16.2. The molecule has 0 radical (unpaired) electrons. The molecule has 0 heterocycles. The number of hydrogen-bond acceptors (Lipinski definition) is 3. The summed E-state index contributed by atoms with van der Waals surface area (Å²) in [6, 6.07) is 5.99. The lowest BCUT2D eigenvalue weighted by Gasteiger charge is -2.28. The van der Waals surface area contributed by atoms with Crippen molar-refractivity contribution in [2.24, 2.45) is 5.92 Å². The van der Waals surface area contributed by atoms with E-state index in [1.54, 1.807) is 7.11 Å². The predicted octanol–water partition coefficient (Wildman–Crippen LogP) is 4.10. The first-order chi connectivity index (χ1) is 11.2. The number of Topliss-reactive ketones (excluding diaryl/α,β-unsaturated/α-hetero) is 1. The molecule has 1 aromatic rings. The molecule has 2 atom stereocenters. The van der Waals surface area contributed by atoms with Crippen LogP contribution in [-0.2, 0) is 4.79 Å². The SMILES string of the molecule is C#CC1C(=O)CCCC1c1ccc(OC)c(OC2CCCC2)c1. The summed E-state index contributed by atoms with van der Waals surface area (Å²) in [4.78, 5) is 12.1. The van der Waals surface area contributed by atoms with Gasteiger partial charge in [0.25, 0.3) is 0 Å². The van der Waals surface area contributed by atoms with Gasteiger partial charge in [0.2, 0.25) is 0 Å². The summed E-state index contributed by atoms with van der Waals surface area (Å²) in [5.74, 6) is 4.21. The lowest BCUT2D eigenvalue weighted by atomic mass is 9.75. The maximum absolute atomic E-state index is 12.1. The largest absolute Gasteiger partial charge is 0.493 e. The third-order valence-corrected chi connectivity index (χ3v) is 5.08. The Kier molecular flexibility index (Phi) is 4.91. The lowest BCUT2D eigenvalue weighted by molar-refractivity contribution is -0.123. The molecule has 2 aliphatic carbocycles. The number of carbonyl (C=O) groups is 1. The van der Waals surface area contributed by atoms with Gasteiger partial charge in [-0.2, -0.15) is 0 Å². The first kappa shape index (κ1) is 15.9. The summed E-state index contributed by atoms with van der Waals surface area (Å²) in [7, 11) is 1.66. The highest BCUT2D eigenvalue weighted by atomic mass is 16.5. The van der Waals surface area contributed by atoms with Crippen molar-refractivity contribution in [1.29, 1.82) is 0 Å². The number of benzene rings is 1. The summed E-state index contributed by atoms with van der Waals surface area (Å²) >= 11 is 0. The minimum Gasteiger partial charge on any atom is -0.493 e. The Balaban J connectivity index is 1.87. The van der Waals surface area contributed by atoms with Gasteiger partial charge < -0.3 is 9.47 Å². The van der Waals surface area contributed by atoms with E-state index in [9.17, 15) is 4.79 Å². The Bertz CT molecular complexity index is 608. The van der Waals surface area contributed by atoms with Crippen LogP contribution in [0.1, 0.15) is 56.4 Å². The molecule has 0 N–H and O–H groups in total. The number of carbonyl (C=O) groups excluding carboxylic acids is 1. The molecule has 0 aromatic heterocycles. The van der Waals surface area contributed by atoms with Gasteiger partial charge in [-0.05, 0) is 56.2 Å². The van der Waals surface area contributed by atoms with E-state index >= 15 is 0 Å².